The first-order chi connectivity index (χ1) is 8.28. The van der Waals surface area contributed by atoms with Crippen molar-refractivity contribution in [1.82, 2.24) is 5.32 Å². The summed E-state index contributed by atoms with van der Waals surface area (Å²) in [5, 5.41) is 3.52. The SMILES string of the molecule is COCC(C)OCc1ccc(CNC2CC2)s1. The molecule has 1 N–H and O–H groups in total. The van der Waals surface area contributed by atoms with Crippen LogP contribution in [0.2, 0.25) is 0 Å². The van der Waals surface area contributed by atoms with Crippen molar-refractivity contribution in [2.24, 2.45) is 0 Å². The largest absolute Gasteiger partial charge is 0.382 e. The van der Waals surface area contributed by atoms with Gasteiger partial charge in [-0.05, 0) is 31.9 Å². The molecule has 1 aliphatic rings. The first-order valence-corrected chi connectivity index (χ1v) is 7.01. The number of methoxy groups -OCH3 is 1. The predicted molar refractivity (Wildman–Crippen MR) is 70.3 cm³/mol. The summed E-state index contributed by atoms with van der Waals surface area (Å²) >= 11 is 1.83. The summed E-state index contributed by atoms with van der Waals surface area (Å²) in [6.45, 7) is 4.38. The molecule has 0 spiro atoms. The Morgan fingerprint density at radius 2 is 2.18 bits per heavy atom. The highest BCUT2D eigenvalue weighted by Gasteiger charge is 2.20. The van der Waals surface area contributed by atoms with Crippen LogP contribution in [0.1, 0.15) is 29.5 Å². The molecule has 1 fully saturated rings. The van der Waals surface area contributed by atoms with Crippen molar-refractivity contribution < 1.29 is 9.47 Å². The van der Waals surface area contributed by atoms with Crippen molar-refractivity contribution in [3.8, 4) is 0 Å². The minimum atomic E-state index is 0.162. The van der Waals surface area contributed by atoms with E-state index >= 15 is 0 Å². The van der Waals surface area contributed by atoms with E-state index in [0.29, 0.717) is 13.2 Å². The Kier molecular flexibility index (Phi) is 4.98. The van der Waals surface area contributed by atoms with Gasteiger partial charge in [0.05, 0.1) is 19.3 Å². The minimum Gasteiger partial charge on any atom is -0.382 e. The monoisotopic (exact) mass is 255 g/mol. The number of ether oxygens (including phenoxy) is 2. The van der Waals surface area contributed by atoms with Gasteiger partial charge in [-0.3, -0.25) is 0 Å². The third kappa shape index (κ3) is 4.76. The molecule has 0 bridgehead atoms. The second-order valence-corrected chi connectivity index (χ2v) is 5.85. The van der Waals surface area contributed by atoms with E-state index in [0.717, 1.165) is 12.6 Å². The van der Waals surface area contributed by atoms with E-state index in [1.165, 1.54) is 22.6 Å². The summed E-state index contributed by atoms with van der Waals surface area (Å²) in [4.78, 5) is 2.69. The van der Waals surface area contributed by atoms with Crippen LogP contribution in [-0.4, -0.2) is 25.9 Å². The molecule has 96 valence electrons. The quantitative estimate of drug-likeness (QED) is 0.774. The van der Waals surface area contributed by atoms with Gasteiger partial charge in [0.1, 0.15) is 0 Å². The van der Waals surface area contributed by atoms with Crippen LogP contribution in [0.5, 0.6) is 0 Å². The number of hydrogen-bond acceptors (Lipinski definition) is 4. The molecule has 1 heterocycles. The highest BCUT2D eigenvalue weighted by molar-refractivity contribution is 7.11. The zero-order chi connectivity index (χ0) is 12.1. The standard InChI is InChI=1S/C13H21NO2S/c1-10(8-15-2)16-9-13-6-5-12(17-13)7-14-11-3-4-11/h5-6,10-11,14H,3-4,7-9H2,1-2H3. The number of nitrogens with one attached hydrogen (secondary N) is 1. The molecule has 1 saturated carbocycles. The Morgan fingerprint density at radius 3 is 2.88 bits per heavy atom. The molecule has 0 saturated heterocycles. The van der Waals surface area contributed by atoms with Crippen LogP contribution in [0, 0.1) is 0 Å². The Hall–Kier alpha value is -0.420. The average Bonchev–Trinajstić information content (AvgIpc) is 3.03. The molecule has 3 nitrogen and oxygen atoms in total. The third-order valence-electron chi connectivity index (χ3n) is 2.77. The summed E-state index contributed by atoms with van der Waals surface area (Å²) < 4.78 is 10.7. The predicted octanol–water partition coefficient (Wildman–Crippen LogP) is 2.55. The van der Waals surface area contributed by atoms with Gasteiger partial charge in [0.2, 0.25) is 0 Å². The summed E-state index contributed by atoms with van der Waals surface area (Å²) in [7, 11) is 1.70. The van der Waals surface area contributed by atoms with Crippen molar-refractivity contribution >= 4 is 11.3 Å². The van der Waals surface area contributed by atoms with E-state index in [4.69, 9.17) is 9.47 Å². The number of rotatable bonds is 8. The molecule has 4 heteroatoms. The molecule has 0 radical (unpaired) electrons. The van der Waals surface area contributed by atoms with Crippen LogP contribution < -0.4 is 5.32 Å². The van der Waals surface area contributed by atoms with E-state index in [9.17, 15) is 0 Å². The summed E-state index contributed by atoms with van der Waals surface area (Å²) in [5.74, 6) is 0. The molecule has 1 unspecified atom stereocenters. The topological polar surface area (TPSA) is 30.5 Å². The normalized spacial score (nSPS) is 17.3. The lowest BCUT2D eigenvalue weighted by atomic mass is 10.4. The zero-order valence-corrected chi connectivity index (χ0v) is 11.4. The highest BCUT2D eigenvalue weighted by Crippen LogP contribution is 2.22. The Balaban J connectivity index is 1.69. The van der Waals surface area contributed by atoms with E-state index in [1.807, 2.05) is 18.3 Å². The molecule has 0 aliphatic heterocycles. The van der Waals surface area contributed by atoms with Gasteiger partial charge in [-0.1, -0.05) is 0 Å². The lowest BCUT2D eigenvalue weighted by Gasteiger charge is -2.10. The molecule has 0 amide bonds. The van der Waals surface area contributed by atoms with Gasteiger partial charge in [-0.15, -0.1) is 11.3 Å². The summed E-state index contributed by atoms with van der Waals surface area (Å²) in [6.07, 6.45) is 2.85. The molecule has 1 aromatic rings. The molecular formula is C13H21NO2S. The van der Waals surface area contributed by atoms with Crippen molar-refractivity contribution in [3.05, 3.63) is 21.9 Å². The van der Waals surface area contributed by atoms with Crippen molar-refractivity contribution in [2.45, 2.75) is 45.1 Å². The summed E-state index contributed by atoms with van der Waals surface area (Å²) in [5.41, 5.74) is 0. The molecule has 2 rings (SSSR count). The average molecular weight is 255 g/mol. The first-order valence-electron chi connectivity index (χ1n) is 6.19. The maximum Gasteiger partial charge on any atom is 0.0814 e. The van der Waals surface area contributed by atoms with Crippen LogP contribution in [0.3, 0.4) is 0 Å². The third-order valence-corrected chi connectivity index (χ3v) is 3.83. The highest BCUT2D eigenvalue weighted by atomic mass is 32.1. The van der Waals surface area contributed by atoms with E-state index in [2.05, 4.69) is 17.4 Å². The lowest BCUT2D eigenvalue weighted by molar-refractivity contribution is 0.000927. The first kappa shape index (κ1) is 13.0. The molecule has 17 heavy (non-hydrogen) atoms. The molecule has 0 aromatic carbocycles. The Morgan fingerprint density at radius 1 is 1.41 bits per heavy atom. The molecule has 1 atom stereocenters. The summed E-state index contributed by atoms with van der Waals surface area (Å²) in [6, 6.07) is 5.13. The second kappa shape index (κ2) is 6.50. The second-order valence-electron chi connectivity index (χ2n) is 4.60. The van der Waals surface area contributed by atoms with Gasteiger partial charge in [0.15, 0.2) is 0 Å². The number of thiophene rings is 1. The fourth-order valence-corrected chi connectivity index (χ4v) is 2.53. The zero-order valence-electron chi connectivity index (χ0n) is 10.6. The molecule has 1 aliphatic carbocycles. The Bertz CT molecular complexity index is 336. The Labute approximate surface area is 107 Å². The van der Waals surface area contributed by atoms with E-state index < -0.39 is 0 Å². The maximum absolute atomic E-state index is 5.68. The van der Waals surface area contributed by atoms with Gasteiger partial charge in [-0.2, -0.15) is 0 Å². The van der Waals surface area contributed by atoms with Crippen LogP contribution in [0.4, 0.5) is 0 Å². The van der Waals surface area contributed by atoms with Crippen LogP contribution >= 0.6 is 11.3 Å². The number of hydrogen-bond donors (Lipinski definition) is 1. The molecule has 1 aromatic heterocycles. The van der Waals surface area contributed by atoms with Gasteiger partial charge in [-0.25, -0.2) is 0 Å². The molecular weight excluding hydrogens is 234 g/mol. The lowest BCUT2D eigenvalue weighted by Crippen LogP contribution is -2.14. The fraction of sp³-hybridized carbons (Fsp3) is 0.692. The van der Waals surface area contributed by atoms with Gasteiger partial charge in [0.25, 0.3) is 0 Å². The van der Waals surface area contributed by atoms with E-state index in [1.54, 1.807) is 7.11 Å². The van der Waals surface area contributed by atoms with Gasteiger partial charge >= 0.3 is 0 Å². The van der Waals surface area contributed by atoms with Crippen LogP contribution in [0.25, 0.3) is 0 Å². The van der Waals surface area contributed by atoms with E-state index in [-0.39, 0.29) is 6.10 Å². The minimum absolute atomic E-state index is 0.162. The fourth-order valence-electron chi connectivity index (χ4n) is 1.63. The van der Waals surface area contributed by atoms with Crippen LogP contribution in [0.15, 0.2) is 12.1 Å². The smallest absolute Gasteiger partial charge is 0.0814 e. The van der Waals surface area contributed by atoms with Crippen molar-refractivity contribution in [2.75, 3.05) is 13.7 Å². The van der Waals surface area contributed by atoms with Crippen molar-refractivity contribution in [3.63, 3.8) is 0 Å². The van der Waals surface area contributed by atoms with Gasteiger partial charge in [0, 0.05) is 29.5 Å². The van der Waals surface area contributed by atoms with Crippen molar-refractivity contribution in [1.29, 1.82) is 0 Å². The van der Waals surface area contributed by atoms with Gasteiger partial charge < -0.3 is 14.8 Å². The van der Waals surface area contributed by atoms with Crippen LogP contribution in [-0.2, 0) is 22.6 Å². The maximum atomic E-state index is 5.68.